The maximum absolute atomic E-state index is 13.2. The van der Waals surface area contributed by atoms with Gasteiger partial charge in [-0.15, -0.1) is 0 Å². The Labute approximate surface area is 168 Å². The van der Waals surface area contributed by atoms with Crippen LogP contribution in [-0.4, -0.2) is 38.3 Å². The molecule has 2 aromatic rings. The SMILES string of the molecule is [2H]c1c(C#N)cc(S(=O)(=O)N2CCNC(=O)C2)c(Oc2cc(Cl)cc(Cl)c2)c1[2H]. The van der Waals surface area contributed by atoms with E-state index in [2.05, 4.69) is 5.32 Å². The number of carbonyl (C=O) groups excluding carboxylic acids is 1. The minimum Gasteiger partial charge on any atom is -0.456 e. The highest BCUT2D eigenvalue weighted by molar-refractivity contribution is 7.89. The summed E-state index contributed by atoms with van der Waals surface area (Å²) >= 11 is 11.9. The van der Waals surface area contributed by atoms with Crippen molar-refractivity contribution in [2.75, 3.05) is 19.6 Å². The lowest BCUT2D eigenvalue weighted by Gasteiger charge is -2.26. The van der Waals surface area contributed by atoms with E-state index in [9.17, 15) is 18.5 Å². The molecule has 2 aromatic carbocycles. The lowest BCUT2D eigenvalue weighted by molar-refractivity contribution is -0.122. The van der Waals surface area contributed by atoms with Crippen LogP contribution in [0.15, 0.2) is 41.2 Å². The summed E-state index contributed by atoms with van der Waals surface area (Å²) < 4.78 is 49.0. The fourth-order valence-corrected chi connectivity index (χ4v) is 4.41. The molecule has 0 unspecified atom stereocenters. The molecule has 7 nitrogen and oxygen atoms in total. The van der Waals surface area contributed by atoms with Gasteiger partial charge in [0, 0.05) is 23.1 Å². The first-order valence-electron chi connectivity index (χ1n) is 8.58. The molecule has 0 spiro atoms. The number of piperazine rings is 1. The molecule has 0 aliphatic carbocycles. The van der Waals surface area contributed by atoms with Crippen LogP contribution in [0.3, 0.4) is 0 Å². The first-order valence-corrected chi connectivity index (χ1v) is 9.78. The topological polar surface area (TPSA) is 99.5 Å². The Morgan fingerprint density at radius 3 is 2.56 bits per heavy atom. The zero-order valence-electron chi connectivity index (χ0n) is 15.6. The molecule has 1 amide bonds. The van der Waals surface area contributed by atoms with Crippen LogP contribution >= 0.6 is 23.2 Å². The summed E-state index contributed by atoms with van der Waals surface area (Å²) in [5.41, 5.74) is -0.313. The summed E-state index contributed by atoms with van der Waals surface area (Å²) in [4.78, 5) is 11.2. The molecule has 0 atom stereocenters. The summed E-state index contributed by atoms with van der Waals surface area (Å²) in [6.45, 7) is -0.287. The zero-order chi connectivity index (χ0) is 21.3. The number of hydrogen-bond acceptors (Lipinski definition) is 5. The average molecular weight is 428 g/mol. The highest BCUT2D eigenvalue weighted by Crippen LogP contribution is 2.34. The van der Waals surface area contributed by atoms with E-state index in [0.717, 1.165) is 10.4 Å². The maximum Gasteiger partial charge on any atom is 0.247 e. The van der Waals surface area contributed by atoms with Crippen LogP contribution in [0.5, 0.6) is 11.5 Å². The van der Waals surface area contributed by atoms with Gasteiger partial charge in [0.2, 0.25) is 15.9 Å². The lowest BCUT2D eigenvalue weighted by Crippen LogP contribution is -2.49. The minimum absolute atomic E-state index is 0.00829. The molecular formula is C17H13Cl2N3O4S. The smallest absolute Gasteiger partial charge is 0.247 e. The van der Waals surface area contributed by atoms with Crippen molar-refractivity contribution in [3.8, 4) is 17.6 Å². The molecule has 0 aromatic heterocycles. The molecule has 10 heteroatoms. The largest absolute Gasteiger partial charge is 0.456 e. The number of nitriles is 1. The van der Waals surface area contributed by atoms with Gasteiger partial charge < -0.3 is 10.1 Å². The number of sulfonamides is 1. The van der Waals surface area contributed by atoms with Gasteiger partial charge >= 0.3 is 0 Å². The van der Waals surface area contributed by atoms with Gasteiger partial charge in [-0.2, -0.15) is 9.57 Å². The maximum atomic E-state index is 13.2. The van der Waals surface area contributed by atoms with Crippen LogP contribution in [0.25, 0.3) is 0 Å². The quantitative estimate of drug-likeness (QED) is 0.808. The van der Waals surface area contributed by atoms with Crippen molar-refractivity contribution >= 4 is 39.1 Å². The Hall–Kier alpha value is -2.31. The van der Waals surface area contributed by atoms with E-state index < -0.39 is 45.2 Å². The van der Waals surface area contributed by atoms with E-state index in [4.69, 9.17) is 30.7 Å². The second kappa shape index (κ2) is 7.74. The number of nitrogens with zero attached hydrogens (tertiary/aromatic N) is 2. The summed E-state index contributed by atoms with van der Waals surface area (Å²) in [6, 6.07) is 5.73. The molecule has 27 heavy (non-hydrogen) atoms. The number of benzene rings is 2. The summed E-state index contributed by atoms with van der Waals surface area (Å²) in [6.07, 6.45) is 0. The number of halogens is 2. The van der Waals surface area contributed by atoms with Crippen LogP contribution in [0.4, 0.5) is 0 Å². The molecule has 1 aliphatic rings. The number of nitrogens with one attached hydrogen (secondary N) is 1. The van der Waals surface area contributed by atoms with Gasteiger partial charge in [-0.3, -0.25) is 4.79 Å². The van der Waals surface area contributed by atoms with Crippen molar-refractivity contribution in [2.45, 2.75) is 4.90 Å². The van der Waals surface area contributed by atoms with E-state index in [1.807, 2.05) is 0 Å². The molecule has 0 bridgehead atoms. The fourth-order valence-electron chi connectivity index (χ4n) is 2.41. The molecule has 1 fully saturated rings. The molecule has 3 rings (SSSR count). The van der Waals surface area contributed by atoms with Gasteiger partial charge in [0.1, 0.15) is 16.4 Å². The van der Waals surface area contributed by atoms with Gasteiger partial charge in [0.25, 0.3) is 0 Å². The van der Waals surface area contributed by atoms with Crippen LogP contribution in [0.2, 0.25) is 10.0 Å². The van der Waals surface area contributed by atoms with E-state index >= 15 is 0 Å². The zero-order valence-corrected chi connectivity index (χ0v) is 16.0. The third kappa shape index (κ3) is 4.34. The van der Waals surface area contributed by atoms with E-state index in [1.54, 1.807) is 6.07 Å². The first-order chi connectivity index (χ1) is 13.6. The Bertz CT molecular complexity index is 1130. The van der Waals surface area contributed by atoms with Crippen molar-refractivity contribution < 1.29 is 20.7 Å². The van der Waals surface area contributed by atoms with E-state index in [1.165, 1.54) is 18.2 Å². The number of amides is 1. The number of ether oxygens (including phenoxy) is 1. The molecule has 140 valence electrons. The van der Waals surface area contributed by atoms with Crippen LogP contribution < -0.4 is 10.1 Å². The average Bonchev–Trinajstić information content (AvgIpc) is 2.65. The minimum atomic E-state index is -4.31. The lowest BCUT2D eigenvalue weighted by atomic mass is 10.2. The van der Waals surface area contributed by atoms with Crippen LogP contribution in [0, 0.1) is 11.3 Å². The van der Waals surface area contributed by atoms with Gasteiger partial charge in [0.15, 0.2) is 0 Å². The molecular weight excluding hydrogens is 413 g/mol. The first kappa shape index (κ1) is 16.8. The number of rotatable bonds is 4. The van der Waals surface area contributed by atoms with Crippen molar-refractivity contribution in [2.24, 2.45) is 0 Å². The van der Waals surface area contributed by atoms with Gasteiger partial charge in [-0.1, -0.05) is 23.2 Å². The van der Waals surface area contributed by atoms with E-state index in [0.29, 0.717) is 0 Å². The van der Waals surface area contributed by atoms with Gasteiger partial charge in [0.05, 0.1) is 20.9 Å². The standard InChI is InChI=1S/C17H13Cl2N3O4S/c18-12-6-13(19)8-14(7-12)26-15-2-1-11(9-20)5-16(15)27(24,25)22-4-3-21-17(23)10-22/h1-2,5-8H,3-4,10H2,(H,21,23)/i1D,2D. The summed E-state index contributed by atoms with van der Waals surface area (Å²) in [5, 5.41) is 12.2. The Balaban J connectivity index is 2.18. The second-order valence-corrected chi connectivity index (χ2v) is 8.29. The third-order valence-corrected chi connectivity index (χ3v) is 5.89. The van der Waals surface area contributed by atoms with Crippen molar-refractivity contribution in [1.82, 2.24) is 9.62 Å². The monoisotopic (exact) mass is 427 g/mol. The molecule has 0 radical (unpaired) electrons. The van der Waals surface area contributed by atoms with Crippen molar-refractivity contribution in [1.29, 1.82) is 5.26 Å². The van der Waals surface area contributed by atoms with E-state index in [-0.39, 0.29) is 34.4 Å². The summed E-state index contributed by atoms with van der Waals surface area (Å²) in [5.74, 6) is -0.890. The normalized spacial score (nSPS) is 16.1. The second-order valence-electron chi connectivity index (χ2n) is 5.51. The molecule has 0 saturated carbocycles. The van der Waals surface area contributed by atoms with Crippen LogP contribution in [0.1, 0.15) is 8.30 Å². The highest BCUT2D eigenvalue weighted by atomic mass is 35.5. The Morgan fingerprint density at radius 2 is 1.93 bits per heavy atom. The Morgan fingerprint density at radius 1 is 1.22 bits per heavy atom. The molecule has 1 saturated heterocycles. The van der Waals surface area contributed by atoms with Crippen molar-refractivity contribution in [3.63, 3.8) is 0 Å². The van der Waals surface area contributed by atoms with Crippen molar-refractivity contribution in [3.05, 3.63) is 52.0 Å². The summed E-state index contributed by atoms with van der Waals surface area (Å²) in [7, 11) is -4.31. The predicted octanol–water partition coefficient (Wildman–Crippen LogP) is 2.78. The molecule has 1 N–H and O–H groups in total. The fraction of sp³-hybridized carbons (Fsp3) is 0.176. The highest BCUT2D eigenvalue weighted by Gasteiger charge is 2.32. The predicted molar refractivity (Wildman–Crippen MR) is 99.5 cm³/mol. The van der Waals surface area contributed by atoms with Gasteiger partial charge in [-0.25, -0.2) is 8.42 Å². The molecule has 1 heterocycles. The molecule has 1 aliphatic heterocycles. The van der Waals surface area contributed by atoms with Gasteiger partial charge in [-0.05, 0) is 36.4 Å². The van der Waals surface area contributed by atoms with Crippen LogP contribution in [-0.2, 0) is 14.8 Å². The number of carbonyl (C=O) groups is 1. The number of hydrogen-bond donors (Lipinski definition) is 1. The third-order valence-electron chi connectivity index (χ3n) is 3.61. The Kier molecular flexibility index (Phi) is 4.83.